The van der Waals surface area contributed by atoms with E-state index in [9.17, 15) is 4.39 Å². The van der Waals surface area contributed by atoms with E-state index >= 15 is 0 Å². The second-order valence-electron chi connectivity index (χ2n) is 3.49. The Morgan fingerprint density at radius 2 is 2.31 bits per heavy atom. The molecule has 13 heavy (non-hydrogen) atoms. The highest BCUT2D eigenvalue weighted by Gasteiger charge is 2.17. The highest BCUT2D eigenvalue weighted by Crippen LogP contribution is 2.28. The average Bonchev–Trinajstić information content (AvgIpc) is 2.43. The lowest BCUT2D eigenvalue weighted by atomic mass is 10.1. The van der Waals surface area contributed by atoms with E-state index in [1.807, 2.05) is 5.38 Å². The summed E-state index contributed by atoms with van der Waals surface area (Å²) in [6.45, 7) is 1.03. The summed E-state index contributed by atoms with van der Waals surface area (Å²) in [5, 5.41) is 5.23. The Bertz CT molecular complexity index is 264. The standard InChI is InChI=1S/C10H14FNS/c11-8-5-7-13-10(8)9-4-2-1-3-6-12-9/h5,7,9,12H,1-4,6H2. The van der Waals surface area contributed by atoms with E-state index in [1.54, 1.807) is 6.07 Å². The summed E-state index contributed by atoms with van der Waals surface area (Å²) in [5.74, 6) is -0.0376. The fourth-order valence-corrected chi connectivity index (χ4v) is 2.69. The van der Waals surface area contributed by atoms with Crippen molar-refractivity contribution in [3.63, 3.8) is 0 Å². The van der Waals surface area contributed by atoms with E-state index in [0.29, 0.717) is 0 Å². The first kappa shape index (κ1) is 9.16. The van der Waals surface area contributed by atoms with E-state index in [2.05, 4.69) is 5.32 Å². The molecule has 0 spiro atoms. The molecule has 0 bridgehead atoms. The lowest BCUT2D eigenvalue weighted by Gasteiger charge is -2.13. The predicted molar refractivity (Wildman–Crippen MR) is 53.5 cm³/mol. The van der Waals surface area contributed by atoms with E-state index in [0.717, 1.165) is 17.8 Å². The first-order valence-electron chi connectivity index (χ1n) is 4.84. The van der Waals surface area contributed by atoms with E-state index in [1.165, 1.54) is 30.6 Å². The summed E-state index contributed by atoms with van der Waals surface area (Å²) in [4.78, 5) is 0.891. The molecule has 1 saturated heterocycles. The Labute approximate surface area is 82.0 Å². The van der Waals surface area contributed by atoms with E-state index in [4.69, 9.17) is 0 Å². The maximum atomic E-state index is 13.2. The van der Waals surface area contributed by atoms with Crippen molar-refractivity contribution < 1.29 is 4.39 Å². The number of halogens is 1. The van der Waals surface area contributed by atoms with Crippen LogP contribution in [0.15, 0.2) is 11.4 Å². The van der Waals surface area contributed by atoms with Crippen molar-refractivity contribution in [3.8, 4) is 0 Å². The van der Waals surface area contributed by atoms with Gasteiger partial charge in [0.2, 0.25) is 0 Å². The monoisotopic (exact) mass is 199 g/mol. The third-order valence-corrected chi connectivity index (χ3v) is 3.53. The summed E-state index contributed by atoms with van der Waals surface area (Å²) in [7, 11) is 0. The zero-order chi connectivity index (χ0) is 9.10. The maximum Gasteiger partial charge on any atom is 0.138 e. The van der Waals surface area contributed by atoms with Crippen LogP contribution in [-0.4, -0.2) is 6.54 Å². The number of rotatable bonds is 1. The van der Waals surface area contributed by atoms with Crippen LogP contribution in [0, 0.1) is 5.82 Å². The molecule has 0 amide bonds. The Balaban J connectivity index is 2.10. The van der Waals surface area contributed by atoms with Crippen LogP contribution in [0.1, 0.15) is 36.6 Å². The minimum atomic E-state index is -0.0376. The molecule has 1 unspecified atom stereocenters. The van der Waals surface area contributed by atoms with Crippen LogP contribution in [0.5, 0.6) is 0 Å². The molecule has 1 N–H and O–H groups in total. The second kappa shape index (κ2) is 4.20. The Morgan fingerprint density at radius 3 is 3.08 bits per heavy atom. The number of thiophene rings is 1. The molecule has 0 aliphatic carbocycles. The van der Waals surface area contributed by atoms with Gasteiger partial charge in [0.05, 0.1) is 4.88 Å². The summed E-state index contributed by atoms with van der Waals surface area (Å²) in [6.07, 6.45) is 4.80. The third-order valence-electron chi connectivity index (χ3n) is 2.52. The lowest BCUT2D eigenvalue weighted by molar-refractivity contribution is 0.510. The van der Waals surface area contributed by atoms with Crippen molar-refractivity contribution in [1.29, 1.82) is 0 Å². The Morgan fingerprint density at radius 1 is 1.38 bits per heavy atom. The van der Waals surface area contributed by atoms with Gasteiger partial charge in [-0.2, -0.15) is 0 Å². The minimum Gasteiger partial charge on any atom is -0.309 e. The fraction of sp³-hybridized carbons (Fsp3) is 0.600. The molecule has 1 fully saturated rings. The largest absolute Gasteiger partial charge is 0.309 e. The predicted octanol–water partition coefficient (Wildman–Crippen LogP) is 3.09. The molecular formula is C10H14FNS. The average molecular weight is 199 g/mol. The molecule has 1 atom stereocenters. The molecular weight excluding hydrogens is 185 g/mol. The van der Waals surface area contributed by atoms with Gasteiger partial charge in [-0.05, 0) is 30.8 Å². The first-order chi connectivity index (χ1) is 6.38. The van der Waals surface area contributed by atoms with Crippen molar-refractivity contribution in [2.24, 2.45) is 0 Å². The summed E-state index contributed by atoms with van der Waals surface area (Å²) < 4.78 is 13.2. The minimum absolute atomic E-state index is 0.0376. The molecule has 1 nitrogen and oxygen atoms in total. The van der Waals surface area contributed by atoms with E-state index < -0.39 is 0 Å². The zero-order valence-electron chi connectivity index (χ0n) is 7.55. The van der Waals surface area contributed by atoms with Crippen LogP contribution in [-0.2, 0) is 0 Å². The molecule has 1 aromatic heterocycles. The van der Waals surface area contributed by atoms with Gasteiger partial charge in [-0.25, -0.2) is 4.39 Å². The van der Waals surface area contributed by atoms with Gasteiger partial charge in [0.15, 0.2) is 0 Å². The molecule has 0 aromatic carbocycles. The van der Waals surface area contributed by atoms with Gasteiger partial charge in [0.1, 0.15) is 5.82 Å². The van der Waals surface area contributed by atoms with Crippen LogP contribution in [0.25, 0.3) is 0 Å². The highest BCUT2D eigenvalue weighted by molar-refractivity contribution is 7.10. The van der Waals surface area contributed by atoms with Gasteiger partial charge < -0.3 is 5.32 Å². The fourth-order valence-electron chi connectivity index (χ4n) is 1.81. The molecule has 0 radical (unpaired) electrons. The van der Waals surface area contributed by atoms with Crippen LogP contribution >= 0.6 is 11.3 Å². The Hall–Kier alpha value is -0.410. The first-order valence-corrected chi connectivity index (χ1v) is 5.72. The molecule has 0 saturated carbocycles. The van der Waals surface area contributed by atoms with Crippen LogP contribution < -0.4 is 5.32 Å². The Kier molecular flexibility index (Phi) is 2.96. The van der Waals surface area contributed by atoms with E-state index in [-0.39, 0.29) is 11.9 Å². The smallest absolute Gasteiger partial charge is 0.138 e. The summed E-state index contributed by atoms with van der Waals surface area (Å²) in [6, 6.07) is 1.83. The van der Waals surface area contributed by atoms with Gasteiger partial charge in [-0.15, -0.1) is 11.3 Å². The van der Waals surface area contributed by atoms with Crippen molar-refractivity contribution in [2.75, 3.05) is 6.54 Å². The number of hydrogen-bond donors (Lipinski definition) is 1. The van der Waals surface area contributed by atoms with Gasteiger partial charge in [0.25, 0.3) is 0 Å². The lowest BCUT2D eigenvalue weighted by Crippen LogP contribution is -2.19. The van der Waals surface area contributed by atoms with Crippen LogP contribution in [0.4, 0.5) is 4.39 Å². The van der Waals surface area contributed by atoms with Crippen LogP contribution in [0.2, 0.25) is 0 Å². The maximum absolute atomic E-state index is 13.2. The molecule has 1 aliphatic rings. The van der Waals surface area contributed by atoms with Crippen LogP contribution in [0.3, 0.4) is 0 Å². The number of hydrogen-bond acceptors (Lipinski definition) is 2. The normalized spacial score (nSPS) is 24.2. The van der Waals surface area contributed by atoms with Gasteiger partial charge in [-0.3, -0.25) is 0 Å². The van der Waals surface area contributed by atoms with Crippen molar-refractivity contribution in [2.45, 2.75) is 31.7 Å². The van der Waals surface area contributed by atoms with Crippen molar-refractivity contribution in [3.05, 3.63) is 22.1 Å². The molecule has 1 aromatic rings. The second-order valence-corrected chi connectivity index (χ2v) is 4.44. The van der Waals surface area contributed by atoms with Gasteiger partial charge in [0, 0.05) is 6.04 Å². The molecule has 2 rings (SSSR count). The molecule has 2 heterocycles. The SMILES string of the molecule is Fc1ccsc1C1CCCCCN1. The highest BCUT2D eigenvalue weighted by atomic mass is 32.1. The molecule has 3 heteroatoms. The zero-order valence-corrected chi connectivity index (χ0v) is 8.37. The third kappa shape index (κ3) is 2.09. The quantitative estimate of drug-likeness (QED) is 0.733. The summed E-state index contributed by atoms with van der Waals surface area (Å²) in [5.41, 5.74) is 0. The van der Waals surface area contributed by atoms with Gasteiger partial charge in [-0.1, -0.05) is 12.8 Å². The summed E-state index contributed by atoms with van der Waals surface area (Å²) >= 11 is 1.53. The number of nitrogens with one attached hydrogen (secondary N) is 1. The molecule has 72 valence electrons. The molecule has 1 aliphatic heterocycles. The van der Waals surface area contributed by atoms with Crippen molar-refractivity contribution in [1.82, 2.24) is 5.32 Å². The van der Waals surface area contributed by atoms with Gasteiger partial charge >= 0.3 is 0 Å². The van der Waals surface area contributed by atoms with Crippen molar-refractivity contribution >= 4 is 11.3 Å². The topological polar surface area (TPSA) is 12.0 Å².